The van der Waals surface area contributed by atoms with Gasteiger partial charge in [-0.15, -0.1) is 11.3 Å². The minimum Gasteiger partial charge on any atom is -0.379 e. The standard InChI is InChI=1S/C24H27F4N7O2S/c1-14(22-33-21(37-34-22)10-30-23(36)20-9-29-13-38-20)8-15-17(31-12-24(26,27)28)4-3-5-18(15)32-19-6-7-35(2)11-16(19)25/h3-5,8-9,13,16,19,31-32H,6-7,10-12H2,1-2H3,(H,30,36)/b14-8+/t16?,19-/m1/s1. The lowest BCUT2D eigenvalue weighted by molar-refractivity contribution is -0.115. The van der Waals surface area contributed by atoms with Crippen molar-refractivity contribution in [3.05, 3.63) is 52.1 Å². The number of nitrogens with zero attached hydrogens (tertiary/aromatic N) is 4. The van der Waals surface area contributed by atoms with Crippen LogP contribution in [0.1, 0.15) is 40.3 Å². The number of allylic oxidation sites excluding steroid dienone is 1. The Hall–Kier alpha value is -3.52. The highest BCUT2D eigenvalue weighted by atomic mass is 32.1. The first kappa shape index (κ1) is 27.5. The average Bonchev–Trinajstić information content (AvgIpc) is 3.56. The second-order valence-electron chi connectivity index (χ2n) is 8.94. The van der Waals surface area contributed by atoms with Gasteiger partial charge in [0.2, 0.25) is 5.89 Å². The number of halogens is 4. The SMILES string of the molecule is C/C(=C\c1c(NCC(F)(F)F)cccc1N[C@@H]1CCN(C)CC1F)c1noc(CNC(=O)c2cncs2)n1. The average molecular weight is 554 g/mol. The quantitative estimate of drug-likeness (QED) is 0.334. The van der Waals surface area contributed by atoms with Crippen LogP contribution in [0.2, 0.25) is 0 Å². The third-order valence-electron chi connectivity index (χ3n) is 5.91. The van der Waals surface area contributed by atoms with E-state index in [1.54, 1.807) is 30.6 Å². The molecule has 1 unspecified atom stereocenters. The summed E-state index contributed by atoms with van der Waals surface area (Å²) in [7, 11) is 1.84. The van der Waals surface area contributed by atoms with Crippen LogP contribution in [0.15, 0.2) is 34.4 Å². The molecule has 3 N–H and O–H groups in total. The largest absolute Gasteiger partial charge is 0.405 e. The Morgan fingerprint density at radius 2 is 2.11 bits per heavy atom. The van der Waals surface area contributed by atoms with Crippen molar-refractivity contribution in [3.63, 3.8) is 0 Å². The first-order chi connectivity index (χ1) is 18.1. The molecule has 1 saturated heterocycles. The van der Waals surface area contributed by atoms with Gasteiger partial charge in [0.15, 0.2) is 5.82 Å². The molecule has 14 heteroatoms. The molecule has 38 heavy (non-hydrogen) atoms. The lowest BCUT2D eigenvalue weighted by Gasteiger charge is -2.33. The van der Waals surface area contributed by atoms with Gasteiger partial charge in [0.05, 0.1) is 24.3 Å². The Kier molecular flexibility index (Phi) is 8.62. The van der Waals surface area contributed by atoms with Crippen molar-refractivity contribution in [1.82, 2.24) is 25.3 Å². The van der Waals surface area contributed by atoms with Gasteiger partial charge in [0.1, 0.15) is 17.6 Å². The van der Waals surface area contributed by atoms with Crippen molar-refractivity contribution < 1.29 is 26.9 Å². The monoisotopic (exact) mass is 553 g/mol. The second kappa shape index (κ2) is 11.9. The van der Waals surface area contributed by atoms with Crippen molar-refractivity contribution in [2.75, 3.05) is 37.3 Å². The van der Waals surface area contributed by atoms with E-state index < -0.39 is 24.9 Å². The molecule has 204 valence electrons. The number of rotatable bonds is 9. The molecule has 9 nitrogen and oxygen atoms in total. The van der Waals surface area contributed by atoms with Crippen LogP contribution >= 0.6 is 11.3 Å². The number of nitrogens with one attached hydrogen (secondary N) is 3. The van der Waals surface area contributed by atoms with E-state index in [9.17, 15) is 22.4 Å². The summed E-state index contributed by atoms with van der Waals surface area (Å²) >= 11 is 1.19. The van der Waals surface area contributed by atoms with Gasteiger partial charge in [-0.3, -0.25) is 9.78 Å². The van der Waals surface area contributed by atoms with Crippen molar-refractivity contribution >= 4 is 40.3 Å². The summed E-state index contributed by atoms with van der Waals surface area (Å²) in [6, 6.07) is 4.33. The maximum atomic E-state index is 14.7. The molecule has 1 aromatic carbocycles. The topological polar surface area (TPSA) is 108 Å². The molecule has 1 amide bonds. The van der Waals surface area contributed by atoms with Crippen LogP contribution in [0.5, 0.6) is 0 Å². The van der Waals surface area contributed by atoms with E-state index in [1.165, 1.54) is 23.6 Å². The molecule has 3 heterocycles. The molecule has 2 aromatic heterocycles. The number of alkyl halides is 4. The smallest absolute Gasteiger partial charge is 0.379 e. The van der Waals surface area contributed by atoms with Crippen LogP contribution in [0.25, 0.3) is 11.6 Å². The molecule has 2 atom stereocenters. The van der Waals surface area contributed by atoms with Gasteiger partial charge < -0.3 is 25.4 Å². The fraction of sp³-hybridized carbons (Fsp3) is 0.417. The summed E-state index contributed by atoms with van der Waals surface area (Å²) in [4.78, 5) is 22.6. The summed E-state index contributed by atoms with van der Waals surface area (Å²) in [6.07, 6.45) is -1.96. The van der Waals surface area contributed by atoms with Crippen LogP contribution in [0.4, 0.5) is 28.9 Å². The van der Waals surface area contributed by atoms with E-state index in [2.05, 4.69) is 31.1 Å². The summed E-state index contributed by atoms with van der Waals surface area (Å²) in [6.45, 7) is 1.39. The molecule has 3 aromatic rings. The number of amides is 1. The summed E-state index contributed by atoms with van der Waals surface area (Å²) in [5.41, 5.74) is 3.15. The number of thiazole rings is 1. The third-order valence-corrected chi connectivity index (χ3v) is 6.68. The fourth-order valence-corrected chi connectivity index (χ4v) is 4.49. The normalized spacial score (nSPS) is 18.8. The zero-order valence-corrected chi connectivity index (χ0v) is 21.5. The van der Waals surface area contributed by atoms with Crippen LogP contribution in [-0.2, 0) is 6.54 Å². The Bertz CT molecular complexity index is 1260. The number of benzene rings is 1. The first-order valence-electron chi connectivity index (χ1n) is 11.8. The van der Waals surface area contributed by atoms with Crippen LogP contribution < -0.4 is 16.0 Å². The minimum absolute atomic E-state index is 0.0123. The Labute approximate surface area is 220 Å². The van der Waals surface area contributed by atoms with E-state index in [0.717, 1.165) is 0 Å². The number of anilines is 2. The number of likely N-dealkylation sites (tertiary alicyclic amines) is 1. The summed E-state index contributed by atoms with van der Waals surface area (Å²) in [5, 5.41) is 12.2. The molecule has 4 rings (SSSR count). The maximum absolute atomic E-state index is 14.7. The molecule has 1 aliphatic rings. The number of piperidine rings is 1. The van der Waals surface area contributed by atoms with E-state index in [0.29, 0.717) is 34.7 Å². The molecule has 0 saturated carbocycles. The van der Waals surface area contributed by atoms with Crippen molar-refractivity contribution in [3.8, 4) is 0 Å². The van der Waals surface area contributed by atoms with E-state index >= 15 is 0 Å². The fourth-order valence-electron chi connectivity index (χ4n) is 3.95. The van der Waals surface area contributed by atoms with Crippen LogP contribution in [0.3, 0.4) is 0 Å². The minimum atomic E-state index is -4.43. The van der Waals surface area contributed by atoms with Crippen molar-refractivity contribution in [2.45, 2.75) is 38.3 Å². The molecule has 1 aliphatic heterocycles. The van der Waals surface area contributed by atoms with Crippen LogP contribution in [0, 0.1) is 0 Å². The van der Waals surface area contributed by atoms with E-state index in [4.69, 9.17) is 4.52 Å². The van der Waals surface area contributed by atoms with Gasteiger partial charge in [0.25, 0.3) is 5.91 Å². The number of aromatic nitrogens is 3. The molecule has 0 aliphatic carbocycles. The second-order valence-corrected chi connectivity index (χ2v) is 9.83. The summed E-state index contributed by atoms with van der Waals surface area (Å²) in [5.74, 6) is 0.0188. The summed E-state index contributed by atoms with van der Waals surface area (Å²) < 4.78 is 58.9. The van der Waals surface area contributed by atoms with Gasteiger partial charge in [-0.1, -0.05) is 11.2 Å². The molecular weight excluding hydrogens is 526 g/mol. The highest BCUT2D eigenvalue weighted by Gasteiger charge is 2.29. The zero-order valence-electron chi connectivity index (χ0n) is 20.7. The molecule has 0 spiro atoms. The predicted molar refractivity (Wildman–Crippen MR) is 137 cm³/mol. The lowest BCUT2D eigenvalue weighted by atomic mass is 10.0. The predicted octanol–water partition coefficient (Wildman–Crippen LogP) is 4.44. The van der Waals surface area contributed by atoms with Crippen molar-refractivity contribution in [2.24, 2.45) is 0 Å². The Balaban J connectivity index is 1.56. The number of carbonyl (C=O) groups excluding carboxylic acids is 1. The zero-order chi connectivity index (χ0) is 27.3. The van der Waals surface area contributed by atoms with Gasteiger partial charge in [0, 0.05) is 30.0 Å². The van der Waals surface area contributed by atoms with Crippen LogP contribution in [-0.4, -0.2) is 71.0 Å². The molecule has 0 radical (unpaired) electrons. The van der Waals surface area contributed by atoms with E-state index in [1.807, 2.05) is 11.9 Å². The maximum Gasteiger partial charge on any atom is 0.405 e. The number of carbonyl (C=O) groups is 1. The molecule has 0 bridgehead atoms. The lowest BCUT2D eigenvalue weighted by Crippen LogP contribution is -2.46. The Morgan fingerprint density at radius 3 is 2.82 bits per heavy atom. The molecule has 1 fully saturated rings. The van der Waals surface area contributed by atoms with E-state index in [-0.39, 0.29) is 36.4 Å². The number of hydrogen-bond donors (Lipinski definition) is 3. The highest BCUT2D eigenvalue weighted by molar-refractivity contribution is 7.11. The Morgan fingerprint density at radius 1 is 1.32 bits per heavy atom. The van der Waals surface area contributed by atoms with Gasteiger partial charge >= 0.3 is 6.18 Å². The third kappa shape index (κ3) is 7.28. The van der Waals surface area contributed by atoms with Gasteiger partial charge in [-0.05, 0) is 44.2 Å². The van der Waals surface area contributed by atoms with Crippen molar-refractivity contribution in [1.29, 1.82) is 0 Å². The first-order valence-corrected chi connectivity index (χ1v) is 12.7. The molecular formula is C24H27F4N7O2S. The van der Waals surface area contributed by atoms with Gasteiger partial charge in [-0.25, -0.2) is 4.39 Å². The number of hydrogen-bond acceptors (Lipinski definition) is 9. The highest BCUT2D eigenvalue weighted by Crippen LogP contribution is 2.32. The van der Waals surface area contributed by atoms with Gasteiger partial charge in [-0.2, -0.15) is 18.2 Å².